The van der Waals surface area contributed by atoms with Crippen molar-refractivity contribution in [3.05, 3.63) is 111 Å². The first-order chi connectivity index (χ1) is 23.1. The lowest BCUT2D eigenvalue weighted by Gasteiger charge is -2.29. The van der Waals surface area contributed by atoms with E-state index in [0.717, 1.165) is 29.3 Å². The number of carbonyl (C=O) groups is 2. The molecule has 0 saturated carbocycles. The van der Waals surface area contributed by atoms with E-state index >= 15 is 0 Å². The van der Waals surface area contributed by atoms with Gasteiger partial charge in [-0.25, -0.2) is 0 Å². The van der Waals surface area contributed by atoms with Crippen LogP contribution in [0.25, 0.3) is 0 Å². The zero-order chi connectivity index (χ0) is 37.3. The van der Waals surface area contributed by atoms with E-state index in [1.807, 2.05) is 38.1 Å². The van der Waals surface area contributed by atoms with E-state index in [0.29, 0.717) is 33.6 Å². The average molecular weight is 701 g/mol. The Labute approximate surface area is 286 Å². The molecule has 6 nitrogen and oxygen atoms in total. The molecule has 0 fully saturated rings. The summed E-state index contributed by atoms with van der Waals surface area (Å²) in [6.45, 7) is 12.5. The molecule has 266 valence electrons. The second kappa shape index (κ2) is 14.1. The predicted molar refractivity (Wildman–Crippen MR) is 179 cm³/mol. The number of hydrogen-bond donors (Lipinski definition) is 2. The molecule has 0 radical (unpaired) electrons. The maximum absolute atomic E-state index is 14.1. The normalized spacial score (nSPS) is 12.0. The fourth-order valence-electron chi connectivity index (χ4n) is 5.64. The molecule has 4 aromatic carbocycles. The summed E-state index contributed by atoms with van der Waals surface area (Å²) in [5, 5.41) is 4.57. The average Bonchev–Trinajstić information content (AvgIpc) is 3.00. The zero-order valence-corrected chi connectivity index (χ0v) is 28.9. The fourth-order valence-corrected chi connectivity index (χ4v) is 5.64. The van der Waals surface area contributed by atoms with Crippen LogP contribution in [0.5, 0.6) is 23.0 Å². The minimum Gasteiger partial charge on any atom is -0.456 e. The summed E-state index contributed by atoms with van der Waals surface area (Å²) in [5.41, 5.74) is 1.75. The summed E-state index contributed by atoms with van der Waals surface area (Å²) in [6.07, 6.45) is -9.97. The molecule has 2 N–H and O–H groups in total. The first kappa shape index (κ1) is 37.8. The van der Waals surface area contributed by atoms with Crippen LogP contribution in [0.4, 0.5) is 32.0 Å². The molecular formula is C38H38F6N2O4. The highest BCUT2D eigenvalue weighted by molar-refractivity contribution is 6.03. The molecule has 0 atom stereocenters. The van der Waals surface area contributed by atoms with Gasteiger partial charge in [0.05, 0.1) is 5.56 Å². The van der Waals surface area contributed by atoms with Gasteiger partial charge in [-0.15, -0.1) is 0 Å². The molecule has 0 heterocycles. The number of amides is 2. The Morgan fingerprint density at radius 3 is 1.46 bits per heavy atom. The lowest BCUT2D eigenvalue weighted by atomic mass is 9.76. The molecular weight excluding hydrogens is 662 g/mol. The molecule has 50 heavy (non-hydrogen) atoms. The van der Waals surface area contributed by atoms with E-state index in [1.54, 1.807) is 40.7 Å². The monoisotopic (exact) mass is 700 g/mol. The van der Waals surface area contributed by atoms with E-state index in [1.165, 1.54) is 19.2 Å². The van der Waals surface area contributed by atoms with Gasteiger partial charge in [-0.05, 0) is 98.3 Å². The third-order valence-corrected chi connectivity index (χ3v) is 8.40. The van der Waals surface area contributed by atoms with Gasteiger partial charge in [-0.1, -0.05) is 49.7 Å². The van der Waals surface area contributed by atoms with Crippen molar-refractivity contribution in [1.82, 2.24) is 5.32 Å². The number of aryl methyl sites for hydroxylation is 5. The molecule has 0 spiro atoms. The van der Waals surface area contributed by atoms with Gasteiger partial charge in [-0.3, -0.25) is 9.59 Å². The van der Waals surface area contributed by atoms with Gasteiger partial charge >= 0.3 is 12.4 Å². The zero-order valence-electron chi connectivity index (χ0n) is 28.9. The van der Waals surface area contributed by atoms with Crippen LogP contribution < -0.4 is 20.1 Å². The first-order valence-electron chi connectivity index (χ1n) is 15.6. The van der Waals surface area contributed by atoms with Crippen LogP contribution in [0.3, 0.4) is 0 Å². The molecule has 0 aliphatic heterocycles. The van der Waals surface area contributed by atoms with Gasteiger partial charge in [0.15, 0.2) is 0 Å². The summed E-state index contributed by atoms with van der Waals surface area (Å²) < 4.78 is 95.4. The second-order valence-electron chi connectivity index (χ2n) is 12.8. The van der Waals surface area contributed by atoms with Crippen molar-refractivity contribution >= 4 is 17.5 Å². The van der Waals surface area contributed by atoms with Gasteiger partial charge in [0, 0.05) is 18.2 Å². The minimum absolute atomic E-state index is 0.147. The lowest BCUT2D eigenvalue weighted by molar-refractivity contribution is -0.139. The van der Waals surface area contributed by atoms with E-state index in [-0.39, 0.29) is 17.2 Å². The Hall–Kier alpha value is -5.00. The van der Waals surface area contributed by atoms with E-state index in [2.05, 4.69) is 10.6 Å². The number of anilines is 1. The summed E-state index contributed by atoms with van der Waals surface area (Å²) in [5.74, 6) is -1.59. The van der Waals surface area contributed by atoms with Crippen LogP contribution >= 0.6 is 0 Å². The Bertz CT molecular complexity index is 1900. The fraction of sp³-hybridized carbons (Fsp3) is 0.316. The van der Waals surface area contributed by atoms with Crippen molar-refractivity contribution in [3.63, 3.8) is 0 Å². The van der Waals surface area contributed by atoms with E-state index < -0.39 is 52.9 Å². The lowest BCUT2D eigenvalue weighted by Crippen LogP contribution is -2.25. The molecule has 0 unspecified atom stereocenters. The maximum atomic E-state index is 14.1. The Morgan fingerprint density at radius 1 is 0.620 bits per heavy atom. The Balaban J connectivity index is 1.64. The number of halogens is 6. The van der Waals surface area contributed by atoms with Crippen LogP contribution in [0.15, 0.2) is 60.7 Å². The standard InChI is InChI=1S/C38H38F6N2O4/c1-20-9-11-30(28(13-20)37(39,40)41)49-34-21(2)14-25(15-22(34)3)36(6,7)26-16-23(4)35(24(5)17-26)50-31-12-10-27(18-29(31)38(42,43)44)46-33(48)19-32(47)45-8/h9-18H,19H2,1-8H3,(H,45,47)(H,46,48). The van der Waals surface area contributed by atoms with Gasteiger partial charge in [0.1, 0.15) is 35.0 Å². The van der Waals surface area contributed by atoms with Crippen molar-refractivity contribution in [3.8, 4) is 23.0 Å². The number of rotatable bonds is 9. The highest BCUT2D eigenvalue weighted by Crippen LogP contribution is 2.44. The Morgan fingerprint density at radius 2 is 1.04 bits per heavy atom. The number of ether oxygens (including phenoxy) is 2. The van der Waals surface area contributed by atoms with Gasteiger partial charge in [0.25, 0.3) is 0 Å². The van der Waals surface area contributed by atoms with E-state index in [9.17, 15) is 35.9 Å². The number of alkyl halides is 6. The third-order valence-electron chi connectivity index (χ3n) is 8.40. The third kappa shape index (κ3) is 8.40. The quantitative estimate of drug-likeness (QED) is 0.135. The molecule has 4 rings (SSSR count). The minimum atomic E-state index is -4.82. The molecule has 12 heteroatoms. The maximum Gasteiger partial charge on any atom is 0.420 e. The van der Waals surface area contributed by atoms with Crippen molar-refractivity contribution < 1.29 is 45.4 Å². The molecule has 0 aromatic heterocycles. The van der Waals surface area contributed by atoms with Crippen LogP contribution in [0.1, 0.15) is 70.3 Å². The number of carbonyl (C=O) groups excluding carboxylic acids is 2. The van der Waals surface area contributed by atoms with Gasteiger partial charge in [-0.2, -0.15) is 26.3 Å². The SMILES string of the molecule is CNC(=O)CC(=O)Nc1ccc(Oc2c(C)cc(C(C)(C)c3cc(C)c(Oc4ccc(C)cc4C(F)(F)F)c(C)c3)cc2C)c(C(F)(F)F)c1. The summed E-state index contributed by atoms with van der Waals surface area (Å²) in [4.78, 5) is 23.5. The van der Waals surface area contributed by atoms with Crippen molar-refractivity contribution in [2.75, 3.05) is 12.4 Å². The van der Waals surface area contributed by atoms with Crippen LogP contribution in [-0.4, -0.2) is 18.9 Å². The topological polar surface area (TPSA) is 76.7 Å². The molecule has 0 aliphatic carbocycles. The van der Waals surface area contributed by atoms with Gasteiger partial charge in [0.2, 0.25) is 11.8 Å². The smallest absolute Gasteiger partial charge is 0.420 e. The van der Waals surface area contributed by atoms with Gasteiger partial charge < -0.3 is 20.1 Å². The van der Waals surface area contributed by atoms with Crippen LogP contribution in [-0.2, 0) is 27.4 Å². The summed E-state index contributed by atoms with van der Waals surface area (Å²) >= 11 is 0. The molecule has 0 bridgehead atoms. The Kier molecular flexibility index (Phi) is 10.7. The summed E-state index contributed by atoms with van der Waals surface area (Å²) in [7, 11) is 1.34. The predicted octanol–water partition coefficient (Wildman–Crippen LogP) is 10.3. The van der Waals surface area contributed by atoms with E-state index in [4.69, 9.17) is 9.47 Å². The number of hydrogen-bond acceptors (Lipinski definition) is 4. The van der Waals surface area contributed by atoms with Crippen molar-refractivity contribution in [1.29, 1.82) is 0 Å². The molecule has 2 amide bonds. The highest BCUT2D eigenvalue weighted by atomic mass is 19.4. The number of nitrogens with one attached hydrogen (secondary N) is 2. The second-order valence-corrected chi connectivity index (χ2v) is 12.8. The highest BCUT2D eigenvalue weighted by Gasteiger charge is 2.37. The largest absolute Gasteiger partial charge is 0.456 e. The molecule has 0 saturated heterocycles. The number of benzene rings is 4. The molecule has 0 aliphatic rings. The summed E-state index contributed by atoms with van der Waals surface area (Å²) in [6, 6.07) is 14.4. The first-order valence-corrected chi connectivity index (χ1v) is 15.6. The van der Waals surface area contributed by atoms with Crippen LogP contribution in [0, 0.1) is 34.6 Å². The van der Waals surface area contributed by atoms with Crippen molar-refractivity contribution in [2.24, 2.45) is 0 Å². The molecule has 4 aromatic rings. The van der Waals surface area contributed by atoms with Crippen LogP contribution in [0.2, 0.25) is 0 Å². The van der Waals surface area contributed by atoms with Crippen molar-refractivity contribution in [2.45, 2.75) is 72.7 Å².